The Balaban J connectivity index is 4.32. The number of amidine groups is 1. The molecule has 0 aromatic heterocycles. The summed E-state index contributed by atoms with van der Waals surface area (Å²) in [5.41, 5.74) is 5.38. The SMILES string of the molecule is CCCCC(=O)N(CC(N)=NO)C(C)C. The highest BCUT2D eigenvalue weighted by Gasteiger charge is 2.17. The second kappa shape index (κ2) is 7.09. The van der Waals surface area contributed by atoms with Crippen LogP contribution in [0.1, 0.15) is 40.0 Å². The first-order valence-electron chi connectivity index (χ1n) is 5.28. The van der Waals surface area contributed by atoms with Gasteiger partial charge in [0.2, 0.25) is 5.91 Å². The summed E-state index contributed by atoms with van der Waals surface area (Å²) in [5.74, 6) is 0.118. The van der Waals surface area contributed by atoms with E-state index in [-0.39, 0.29) is 24.3 Å². The van der Waals surface area contributed by atoms with Crippen molar-refractivity contribution in [1.82, 2.24) is 4.90 Å². The smallest absolute Gasteiger partial charge is 0.223 e. The molecule has 0 aromatic rings. The molecular formula is C10H21N3O2. The molecule has 0 saturated heterocycles. The summed E-state index contributed by atoms with van der Waals surface area (Å²) in [7, 11) is 0. The second-order valence-corrected chi connectivity index (χ2v) is 3.81. The normalized spacial score (nSPS) is 11.9. The van der Waals surface area contributed by atoms with E-state index in [9.17, 15) is 4.79 Å². The summed E-state index contributed by atoms with van der Waals surface area (Å²) in [6.45, 7) is 6.05. The molecule has 0 radical (unpaired) electrons. The molecule has 0 unspecified atom stereocenters. The van der Waals surface area contributed by atoms with E-state index in [1.54, 1.807) is 4.90 Å². The van der Waals surface area contributed by atoms with Crippen LogP contribution in [0.25, 0.3) is 0 Å². The third-order valence-corrected chi connectivity index (χ3v) is 2.15. The van der Waals surface area contributed by atoms with E-state index >= 15 is 0 Å². The first-order chi connectivity index (χ1) is 7.02. The zero-order valence-electron chi connectivity index (χ0n) is 9.73. The number of nitrogens with two attached hydrogens (primary N) is 1. The van der Waals surface area contributed by atoms with Gasteiger partial charge in [0.25, 0.3) is 0 Å². The first-order valence-corrected chi connectivity index (χ1v) is 5.28. The number of oxime groups is 1. The van der Waals surface area contributed by atoms with Crippen LogP contribution in [0.3, 0.4) is 0 Å². The molecule has 0 atom stereocenters. The van der Waals surface area contributed by atoms with Crippen molar-refractivity contribution >= 4 is 11.7 Å². The number of hydrogen-bond acceptors (Lipinski definition) is 3. The van der Waals surface area contributed by atoms with Crippen molar-refractivity contribution in [2.24, 2.45) is 10.9 Å². The molecule has 0 fully saturated rings. The third-order valence-electron chi connectivity index (χ3n) is 2.15. The quantitative estimate of drug-likeness (QED) is 0.302. The Morgan fingerprint density at radius 1 is 1.53 bits per heavy atom. The molecule has 0 rings (SSSR count). The van der Waals surface area contributed by atoms with Gasteiger partial charge in [-0.05, 0) is 20.3 Å². The van der Waals surface area contributed by atoms with Crippen LogP contribution in [0.15, 0.2) is 5.16 Å². The van der Waals surface area contributed by atoms with E-state index in [0.29, 0.717) is 6.42 Å². The summed E-state index contributed by atoms with van der Waals surface area (Å²) in [4.78, 5) is 13.3. The molecule has 5 heteroatoms. The predicted molar refractivity (Wildman–Crippen MR) is 59.8 cm³/mol. The van der Waals surface area contributed by atoms with E-state index < -0.39 is 0 Å². The van der Waals surface area contributed by atoms with Crippen molar-refractivity contribution in [3.05, 3.63) is 0 Å². The lowest BCUT2D eigenvalue weighted by Gasteiger charge is -2.26. The van der Waals surface area contributed by atoms with Gasteiger partial charge in [-0.2, -0.15) is 0 Å². The molecule has 0 aliphatic rings. The van der Waals surface area contributed by atoms with E-state index in [2.05, 4.69) is 5.16 Å². The van der Waals surface area contributed by atoms with E-state index in [0.717, 1.165) is 12.8 Å². The number of carbonyl (C=O) groups is 1. The zero-order chi connectivity index (χ0) is 11.8. The third kappa shape index (κ3) is 5.24. The van der Waals surface area contributed by atoms with Crippen molar-refractivity contribution in [3.8, 4) is 0 Å². The van der Waals surface area contributed by atoms with Crippen LogP contribution in [0.2, 0.25) is 0 Å². The fourth-order valence-corrected chi connectivity index (χ4v) is 1.24. The molecule has 0 spiro atoms. The van der Waals surface area contributed by atoms with Crippen LogP contribution in [-0.2, 0) is 4.79 Å². The van der Waals surface area contributed by atoms with Crippen molar-refractivity contribution in [2.45, 2.75) is 46.1 Å². The summed E-state index contributed by atoms with van der Waals surface area (Å²) < 4.78 is 0. The average molecular weight is 215 g/mol. The lowest BCUT2D eigenvalue weighted by atomic mass is 10.2. The maximum Gasteiger partial charge on any atom is 0.223 e. The molecule has 0 aliphatic heterocycles. The van der Waals surface area contributed by atoms with Crippen LogP contribution in [0.5, 0.6) is 0 Å². The minimum absolute atomic E-state index is 0.0541. The van der Waals surface area contributed by atoms with Gasteiger partial charge in [0.1, 0.15) is 0 Å². The van der Waals surface area contributed by atoms with Crippen LogP contribution in [0.4, 0.5) is 0 Å². The lowest BCUT2D eigenvalue weighted by Crippen LogP contribution is -2.42. The second-order valence-electron chi connectivity index (χ2n) is 3.81. The van der Waals surface area contributed by atoms with Crippen LogP contribution >= 0.6 is 0 Å². The highest BCUT2D eigenvalue weighted by molar-refractivity contribution is 5.87. The van der Waals surface area contributed by atoms with Gasteiger partial charge in [-0.15, -0.1) is 0 Å². The van der Waals surface area contributed by atoms with E-state index in [1.165, 1.54) is 0 Å². The number of hydrogen-bond donors (Lipinski definition) is 2. The monoisotopic (exact) mass is 215 g/mol. The summed E-state index contributed by atoms with van der Waals surface area (Å²) in [6, 6.07) is 0.0645. The molecule has 88 valence electrons. The fraction of sp³-hybridized carbons (Fsp3) is 0.800. The van der Waals surface area contributed by atoms with E-state index in [1.807, 2.05) is 20.8 Å². The minimum atomic E-state index is 0.0541. The summed E-state index contributed by atoms with van der Waals surface area (Å²) >= 11 is 0. The van der Waals surface area contributed by atoms with Gasteiger partial charge < -0.3 is 15.8 Å². The van der Waals surface area contributed by atoms with Crippen molar-refractivity contribution < 1.29 is 10.0 Å². The summed E-state index contributed by atoms with van der Waals surface area (Å²) in [5, 5.41) is 11.3. The molecule has 0 saturated carbocycles. The average Bonchev–Trinajstić information content (AvgIpc) is 2.21. The topological polar surface area (TPSA) is 78.9 Å². The van der Waals surface area contributed by atoms with Gasteiger partial charge in [0.15, 0.2) is 5.84 Å². The molecule has 15 heavy (non-hydrogen) atoms. The lowest BCUT2D eigenvalue weighted by molar-refractivity contribution is -0.132. The Hall–Kier alpha value is -1.26. The largest absolute Gasteiger partial charge is 0.409 e. The molecular weight excluding hydrogens is 194 g/mol. The maximum atomic E-state index is 11.7. The fourth-order valence-electron chi connectivity index (χ4n) is 1.24. The Morgan fingerprint density at radius 2 is 2.13 bits per heavy atom. The Kier molecular flexibility index (Phi) is 6.49. The van der Waals surface area contributed by atoms with Gasteiger partial charge in [-0.1, -0.05) is 18.5 Å². The van der Waals surface area contributed by atoms with Crippen LogP contribution in [0, 0.1) is 0 Å². The Morgan fingerprint density at radius 3 is 2.53 bits per heavy atom. The Bertz CT molecular complexity index is 227. The van der Waals surface area contributed by atoms with Gasteiger partial charge in [-0.3, -0.25) is 4.79 Å². The maximum absolute atomic E-state index is 11.7. The number of nitrogens with zero attached hydrogens (tertiary/aromatic N) is 2. The molecule has 0 heterocycles. The highest BCUT2D eigenvalue weighted by atomic mass is 16.4. The molecule has 3 N–H and O–H groups in total. The predicted octanol–water partition coefficient (Wildman–Crippen LogP) is 1.16. The van der Waals surface area contributed by atoms with Gasteiger partial charge in [-0.25, -0.2) is 0 Å². The van der Waals surface area contributed by atoms with Crippen molar-refractivity contribution in [1.29, 1.82) is 0 Å². The van der Waals surface area contributed by atoms with Gasteiger partial charge >= 0.3 is 0 Å². The minimum Gasteiger partial charge on any atom is -0.409 e. The molecule has 1 amide bonds. The number of amides is 1. The summed E-state index contributed by atoms with van der Waals surface area (Å²) in [6.07, 6.45) is 2.38. The number of rotatable bonds is 6. The van der Waals surface area contributed by atoms with Crippen molar-refractivity contribution in [2.75, 3.05) is 6.54 Å². The molecule has 5 nitrogen and oxygen atoms in total. The van der Waals surface area contributed by atoms with Crippen LogP contribution in [-0.4, -0.2) is 34.4 Å². The van der Waals surface area contributed by atoms with Crippen LogP contribution < -0.4 is 5.73 Å². The highest BCUT2D eigenvalue weighted by Crippen LogP contribution is 2.04. The number of carbonyl (C=O) groups excluding carboxylic acids is 1. The molecule has 0 aliphatic carbocycles. The van der Waals surface area contributed by atoms with Gasteiger partial charge in [0.05, 0.1) is 6.54 Å². The first kappa shape index (κ1) is 13.7. The van der Waals surface area contributed by atoms with Gasteiger partial charge in [0, 0.05) is 12.5 Å². The zero-order valence-corrected chi connectivity index (χ0v) is 9.73. The molecule has 0 aromatic carbocycles. The Labute approximate surface area is 90.9 Å². The molecule has 0 bridgehead atoms. The van der Waals surface area contributed by atoms with E-state index in [4.69, 9.17) is 10.9 Å². The number of unbranched alkanes of at least 4 members (excludes halogenated alkanes) is 1. The van der Waals surface area contributed by atoms with Crippen molar-refractivity contribution in [3.63, 3.8) is 0 Å². The standard InChI is InChI=1S/C10H21N3O2/c1-4-5-6-10(14)13(8(2)3)7-9(11)12-15/h8,15H,4-7H2,1-3H3,(H2,11,12).